The zero-order valence-electron chi connectivity index (χ0n) is 19.8. The number of amides is 2. The van der Waals surface area contributed by atoms with Crippen molar-refractivity contribution >= 4 is 17.5 Å². The molecule has 3 aliphatic rings. The number of anilines is 2. The monoisotopic (exact) mass is 450 g/mol. The lowest BCUT2D eigenvalue weighted by Gasteiger charge is -2.38. The van der Waals surface area contributed by atoms with Crippen molar-refractivity contribution in [3.8, 4) is 11.4 Å². The lowest BCUT2D eigenvalue weighted by molar-refractivity contribution is 0.0983. The first-order valence-corrected chi connectivity index (χ1v) is 12.1. The zero-order chi connectivity index (χ0) is 22.9. The van der Waals surface area contributed by atoms with Crippen molar-refractivity contribution in [1.29, 1.82) is 0 Å². The molecule has 2 fully saturated rings. The molecule has 0 bridgehead atoms. The van der Waals surface area contributed by atoms with Gasteiger partial charge in [-0.3, -0.25) is 4.90 Å². The van der Waals surface area contributed by atoms with Gasteiger partial charge in [-0.05, 0) is 64.3 Å². The Labute approximate surface area is 195 Å². The number of benzene rings is 1. The molecule has 8 nitrogen and oxygen atoms in total. The van der Waals surface area contributed by atoms with Gasteiger partial charge in [0, 0.05) is 48.5 Å². The Balaban J connectivity index is 1.44. The predicted molar refractivity (Wildman–Crippen MR) is 130 cm³/mol. The molecule has 8 heteroatoms. The van der Waals surface area contributed by atoms with Gasteiger partial charge < -0.3 is 20.3 Å². The number of nitrogens with one attached hydrogen (secondary N) is 2. The van der Waals surface area contributed by atoms with Crippen molar-refractivity contribution in [3.05, 3.63) is 35.5 Å². The van der Waals surface area contributed by atoms with Gasteiger partial charge in [0.2, 0.25) is 0 Å². The molecular formula is C25H34N6O2. The number of fused-ring (bicyclic) bond motifs is 1. The quantitative estimate of drug-likeness (QED) is 0.726. The summed E-state index contributed by atoms with van der Waals surface area (Å²) in [5, 5.41) is 5.86. The van der Waals surface area contributed by atoms with Gasteiger partial charge in [0.05, 0.1) is 24.9 Å². The van der Waals surface area contributed by atoms with Crippen molar-refractivity contribution in [1.82, 2.24) is 20.2 Å². The number of aromatic nitrogens is 2. The van der Waals surface area contributed by atoms with Gasteiger partial charge in [0.15, 0.2) is 5.82 Å². The van der Waals surface area contributed by atoms with E-state index in [4.69, 9.17) is 14.7 Å². The van der Waals surface area contributed by atoms with Gasteiger partial charge in [-0.2, -0.15) is 0 Å². The van der Waals surface area contributed by atoms with E-state index in [0.717, 1.165) is 80.7 Å². The van der Waals surface area contributed by atoms with Crippen molar-refractivity contribution in [2.45, 2.75) is 64.7 Å². The van der Waals surface area contributed by atoms with Crippen LogP contribution in [-0.2, 0) is 17.7 Å². The molecule has 1 saturated carbocycles. The van der Waals surface area contributed by atoms with Crippen LogP contribution in [0.4, 0.5) is 16.3 Å². The third kappa shape index (κ3) is 4.96. The van der Waals surface area contributed by atoms with E-state index in [0.29, 0.717) is 12.1 Å². The molecule has 33 heavy (non-hydrogen) atoms. The second-order valence-electron chi connectivity index (χ2n) is 9.68. The maximum Gasteiger partial charge on any atom is 0.319 e. The Morgan fingerprint density at radius 2 is 1.94 bits per heavy atom. The normalized spacial score (nSPS) is 21.1. The van der Waals surface area contributed by atoms with Crippen LogP contribution in [-0.4, -0.2) is 65.3 Å². The molecule has 3 heterocycles. The van der Waals surface area contributed by atoms with Gasteiger partial charge in [-0.1, -0.05) is 0 Å². The third-order valence-electron chi connectivity index (χ3n) is 6.76. The third-order valence-corrected chi connectivity index (χ3v) is 6.76. The molecule has 2 aromatic rings. The molecule has 1 aromatic carbocycles. The Bertz CT molecular complexity index is 1000. The molecule has 0 spiro atoms. The van der Waals surface area contributed by atoms with E-state index >= 15 is 0 Å². The lowest BCUT2D eigenvalue weighted by Crippen LogP contribution is -2.45. The van der Waals surface area contributed by atoms with Crippen molar-refractivity contribution in [3.63, 3.8) is 0 Å². The molecule has 0 unspecified atom stereocenters. The summed E-state index contributed by atoms with van der Waals surface area (Å²) in [5.41, 5.74) is 4.12. The van der Waals surface area contributed by atoms with Crippen LogP contribution in [0.3, 0.4) is 0 Å². The van der Waals surface area contributed by atoms with Crippen LogP contribution >= 0.6 is 0 Å². The Kier molecular flexibility index (Phi) is 6.21. The summed E-state index contributed by atoms with van der Waals surface area (Å²) in [5.74, 6) is 1.79. The first kappa shape index (κ1) is 22.1. The van der Waals surface area contributed by atoms with Gasteiger partial charge >= 0.3 is 6.03 Å². The highest BCUT2D eigenvalue weighted by molar-refractivity contribution is 5.89. The Morgan fingerprint density at radius 3 is 2.64 bits per heavy atom. The zero-order valence-corrected chi connectivity index (χ0v) is 19.8. The molecular weight excluding hydrogens is 416 g/mol. The van der Waals surface area contributed by atoms with Crippen LogP contribution in [0, 0.1) is 0 Å². The van der Waals surface area contributed by atoms with Crippen LogP contribution in [0.1, 0.15) is 44.9 Å². The summed E-state index contributed by atoms with van der Waals surface area (Å²) >= 11 is 0. The Hall–Kier alpha value is -2.71. The predicted octanol–water partition coefficient (Wildman–Crippen LogP) is 3.42. The van der Waals surface area contributed by atoms with Gasteiger partial charge in [0.1, 0.15) is 5.82 Å². The second-order valence-corrected chi connectivity index (χ2v) is 9.68. The van der Waals surface area contributed by atoms with Crippen molar-refractivity contribution in [2.24, 2.45) is 0 Å². The SMILES string of the molecule is CC(C)N1CCc2c(nc(-c3ccc(NC(=O)NC4CC4)cc3)nc2N2CCOC[C@@H]2C)C1. The highest BCUT2D eigenvalue weighted by Gasteiger charge is 2.29. The average molecular weight is 451 g/mol. The fourth-order valence-corrected chi connectivity index (χ4v) is 4.56. The van der Waals surface area contributed by atoms with Gasteiger partial charge in [-0.15, -0.1) is 0 Å². The van der Waals surface area contributed by atoms with E-state index in [1.54, 1.807) is 0 Å². The molecule has 1 aromatic heterocycles. The summed E-state index contributed by atoms with van der Waals surface area (Å²) in [6.07, 6.45) is 3.10. The van der Waals surface area contributed by atoms with Crippen molar-refractivity contribution in [2.75, 3.05) is 36.5 Å². The largest absolute Gasteiger partial charge is 0.377 e. The van der Waals surface area contributed by atoms with Gasteiger partial charge in [0.25, 0.3) is 0 Å². The number of ether oxygens (including phenoxy) is 1. The van der Waals surface area contributed by atoms with Gasteiger partial charge in [-0.25, -0.2) is 14.8 Å². The number of carbonyl (C=O) groups excluding carboxylic acids is 1. The number of morpholine rings is 1. The highest BCUT2D eigenvalue weighted by Crippen LogP contribution is 2.32. The molecule has 176 valence electrons. The first-order chi connectivity index (χ1) is 16.0. The number of urea groups is 1. The van der Waals surface area contributed by atoms with E-state index in [9.17, 15) is 4.79 Å². The van der Waals surface area contributed by atoms with Crippen LogP contribution in [0.5, 0.6) is 0 Å². The first-order valence-electron chi connectivity index (χ1n) is 12.1. The molecule has 2 aliphatic heterocycles. The molecule has 0 radical (unpaired) electrons. The number of nitrogens with zero attached hydrogens (tertiary/aromatic N) is 4. The van der Waals surface area contributed by atoms with E-state index in [1.165, 1.54) is 5.56 Å². The Morgan fingerprint density at radius 1 is 1.15 bits per heavy atom. The number of hydrogen-bond donors (Lipinski definition) is 2. The molecule has 1 aliphatic carbocycles. The number of carbonyl (C=O) groups is 1. The molecule has 1 atom stereocenters. The van der Waals surface area contributed by atoms with Crippen LogP contribution in [0.25, 0.3) is 11.4 Å². The van der Waals surface area contributed by atoms with Crippen LogP contribution in [0.2, 0.25) is 0 Å². The van der Waals surface area contributed by atoms with Crippen molar-refractivity contribution < 1.29 is 9.53 Å². The highest BCUT2D eigenvalue weighted by atomic mass is 16.5. The maximum atomic E-state index is 12.0. The van der Waals surface area contributed by atoms with E-state index in [-0.39, 0.29) is 12.1 Å². The second kappa shape index (κ2) is 9.27. The minimum atomic E-state index is -0.146. The lowest BCUT2D eigenvalue weighted by atomic mass is 10.0. The minimum absolute atomic E-state index is 0.146. The fraction of sp³-hybridized carbons (Fsp3) is 0.560. The summed E-state index contributed by atoms with van der Waals surface area (Å²) in [6.45, 7) is 10.8. The molecule has 2 amide bonds. The minimum Gasteiger partial charge on any atom is -0.377 e. The van der Waals surface area contributed by atoms with Crippen LogP contribution in [0.15, 0.2) is 24.3 Å². The van der Waals surface area contributed by atoms with Crippen LogP contribution < -0.4 is 15.5 Å². The summed E-state index contributed by atoms with van der Waals surface area (Å²) in [4.78, 5) is 27.0. The van der Waals surface area contributed by atoms with E-state index in [1.807, 2.05) is 24.3 Å². The fourth-order valence-electron chi connectivity index (χ4n) is 4.56. The molecule has 5 rings (SSSR count). The summed E-state index contributed by atoms with van der Waals surface area (Å²) in [6, 6.07) is 8.77. The molecule has 2 N–H and O–H groups in total. The van der Waals surface area contributed by atoms with E-state index < -0.39 is 0 Å². The van der Waals surface area contributed by atoms with E-state index in [2.05, 4.69) is 41.2 Å². The molecule has 1 saturated heterocycles. The average Bonchev–Trinajstić information content (AvgIpc) is 3.62. The number of rotatable bonds is 5. The summed E-state index contributed by atoms with van der Waals surface area (Å²) < 4.78 is 5.68. The maximum absolute atomic E-state index is 12.0. The summed E-state index contributed by atoms with van der Waals surface area (Å²) in [7, 11) is 0. The standard InChI is InChI=1S/C25H34N6O2/c1-16(2)30-11-10-21-22(14-30)28-23(29-24(21)31-12-13-33-15-17(31)3)18-4-6-19(7-5-18)26-25(32)27-20-8-9-20/h4-7,16-17,20H,8-15H2,1-3H3,(H2,26,27,32)/t17-/m0/s1. The number of hydrogen-bond acceptors (Lipinski definition) is 6. The topological polar surface area (TPSA) is 82.6 Å². The smallest absolute Gasteiger partial charge is 0.319 e.